The van der Waals surface area contributed by atoms with E-state index >= 15 is 0 Å². The molecule has 27 heavy (non-hydrogen) atoms. The molecular formula is C21H21N5O. The smallest absolute Gasteiger partial charge is 0.242 e. The van der Waals surface area contributed by atoms with Gasteiger partial charge in [0.05, 0.1) is 17.9 Å². The van der Waals surface area contributed by atoms with Crippen molar-refractivity contribution < 1.29 is 4.79 Å². The van der Waals surface area contributed by atoms with Crippen molar-refractivity contribution in [2.75, 3.05) is 31.1 Å². The lowest BCUT2D eigenvalue weighted by Crippen LogP contribution is -2.51. The van der Waals surface area contributed by atoms with Crippen LogP contribution in [0.3, 0.4) is 0 Å². The number of hydrogen-bond acceptors (Lipinski definition) is 5. The highest BCUT2D eigenvalue weighted by Gasteiger charge is 2.25. The van der Waals surface area contributed by atoms with Crippen molar-refractivity contribution in [2.45, 2.75) is 6.42 Å². The summed E-state index contributed by atoms with van der Waals surface area (Å²) in [4.78, 5) is 29.7. The fourth-order valence-corrected chi connectivity index (χ4v) is 3.18. The van der Waals surface area contributed by atoms with Gasteiger partial charge >= 0.3 is 0 Å². The zero-order valence-electron chi connectivity index (χ0n) is 15.0. The van der Waals surface area contributed by atoms with Crippen LogP contribution in [0, 0.1) is 0 Å². The van der Waals surface area contributed by atoms with Gasteiger partial charge in [0, 0.05) is 32.0 Å². The molecule has 0 bridgehead atoms. The van der Waals surface area contributed by atoms with Gasteiger partial charge in [0.15, 0.2) is 0 Å². The van der Waals surface area contributed by atoms with Gasteiger partial charge in [0.25, 0.3) is 0 Å². The molecule has 3 heterocycles. The normalized spacial score (nSPS) is 14.4. The maximum absolute atomic E-state index is 12.6. The van der Waals surface area contributed by atoms with E-state index in [9.17, 15) is 4.79 Å². The summed E-state index contributed by atoms with van der Waals surface area (Å²) in [5.41, 5.74) is 2.81. The van der Waals surface area contributed by atoms with Crippen LogP contribution >= 0.6 is 0 Å². The number of benzene rings is 1. The molecular weight excluding hydrogens is 338 g/mol. The van der Waals surface area contributed by atoms with Crippen LogP contribution in [0.2, 0.25) is 0 Å². The van der Waals surface area contributed by atoms with Crippen LogP contribution in [-0.4, -0.2) is 51.9 Å². The van der Waals surface area contributed by atoms with Gasteiger partial charge < -0.3 is 9.80 Å². The summed E-state index contributed by atoms with van der Waals surface area (Å²) in [6.45, 7) is 2.46. The van der Waals surface area contributed by atoms with Crippen LogP contribution in [0.4, 0.5) is 5.95 Å². The van der Waals surface area contributed by atoms with E-state index in [0.29, 0.717) is 19.0 Å². The number of carbonyl (C=O) groups is 1. The minimum Gasteiger partial charge on any atom is -0.339 e. The molecule has 1 aliphatic rings. The van der Waals surface area contributed by atoms with Gasteiger partial charge in [-0.1, -0.05) is 36.4 Å². The third kappa shape index (κ3) is 4.11. The Morgan fingerprint density at radius 3 is 2.48 bits per heavy atom. The van der Waals surface area contributed by atoms with E-state index in [4.69, 9.17) is 0 Å². The van der Waals surface area contributed by atoms with Crippen LogP contribution in [0.5, 0.6) is 0 Å². The van der Waals surface area contributed by atoms with Gasteiger partial charge in [-0.2, -0.15) is 0 Å². The van der Waals surface area contributed by atoms with Crippen molar-refractivity contribution >= 4 is 11.9 Å². The Balaban J connectivity index is 1.40. The number of pyridine rings is 1. The van der Waals surface area contributed by atoms with Gasteiger partial charge in [0.1, 0.15) is 0 Å². The fraction of sp³-hybridized carbons (Fsp3) is 0.238. The van der Waals surface area contributed by atoms with Crippen molar-refractivity contribution in [2.24, 2.45) is 0 Å². The summed E-state index contributed by atoms with van der Waals surface area (Å²) >= 11 is 0. The average Bonchev–Trinajstić information content (AvgIpc) is 2.74. The molecule has 1 aromatic carbocycles. The second-order valence-corrected chi connectivity index (χ2v) is 6.49. The van der Waals surface area contributed by atoms with E-state index < -0.39 is 0 Å². The number of anilines is 1. The molecule has 1 amide bonds. The standard InChI is InChI=1S/C21H21N5O/c27-20-16-26(15-14-25(20)13-10-17-6-2-1-3-7-17)21-23-12-9-19(24-21)18-8-4-5-11-22-18/h1-9,11-12H,10,13-16H2. The van der Waals surface area contributed by atoms with Crippen LogP contribution in [0.25, 0.3) is 11.4 Å². The van der Waals surface area contributed by atoms with E-state index in [1.54, 1.807) is 12.4 Å². The molecule has 2 aromatic heterocycles. The monoisotopic (exact) mass is 359 g/mol. The first kappa shape index (κ1) is 17.1. The quantitative estimate of drug-likeness (QED) is 0.700. The van der Waals surface area contributed by atoms with Crippen LogP contribution in [0.1, 0.15) is 5.56 Å². The Morgan fingerprint density at radius 1 is 0.852 bits per heavy atom. The molecule has 1 aliphatic heterocycles. The van der Waals surface area contributed by atoms with Crippen LogP contribution in [0.15, 0.2) is 67.0 Å². The third-order valence-corrected chi connectivity index (χ3v) is 4.68. The van der Waals surface area contributed by atoms with E-state index in [0.717, 1.165) is 30.9 Å². The first-order valence-electron chi connectivity index (χ1n) is 9.11. The number of hydrogen-bond donors (Lipinski definition) is 0. The van der Waals surface area contributed by atoms with E-state index in [-0.39, 0.29) is 5.91 Å². The lowest BCUT2D eigenvalue weighted by Gasteiger charge is -2.34. The molecule has 0 saturated carbocycles. The number of piperazine rings is 1. The molecule has 6 nitrogen and oxygen atoms in total. The Morgan fingerprint density at radius 2 is 1.70 bits per heavy atom. The summed E-state index contributed by atoms with van der Waals surface area (Å²) in [6, 6.07) is 17.8. The maximum atomic E-state index is 12.6. The Labute approximate surface area is 158 Å². The molecule has 0 radical (unpaired) electrons. The van der Waals surface area contributed by atoms with Crippen molar-refractivity contribution in [1.82, 2.24) is 19.9 Å². The van der Waals surface area contributed by atoms with Crippen molar-refractivity contribution in [3.63, 3.8) is 0 Å². The first-order chi connectivity index (χ1) is 13.3. The molecule has 0 atom stereocenters. The summed E-state index contributed by atoms with van der Waals surface area (Å²) < 4.78 is 0. The number of amides is 1. The van der Waals surface area contributed by atoms with E-state index in [1.807, 2.05) is 52.3 Å². The fourth-order valence-electron chi connectivity index (χ4n) is 3.18. The largest absolute Gasteiger partial charge is 0.339 e. The first-order valence-corrected chi connectivity index (χ1v) is 9.11. The molecule has 136 valence electrons. The van der Waals surface area contributed by atoms with Gasteiger partial charge in [-0.25, -0.2) is 9.97 Å². The number of aromatic nitrogens is 3. The maximum Gasteiger partial charge on any atom is 0.242 e. The molecule has 3 aromatic rings. The molecule has 6 heteroatoms. The van der Waals surface area contributed by atoms with Crippen LogP contribution < -0.4 is 4.90 Å². The molecule has 1 saturated heterocycles. The molecule has 1 fully saturated rings. The highest BCUT2D eigenvalue weighted by Crippen LogP contribution is 2.18. The Hall–Kier alpha value is -3.28. The summed E-state index contributed by atoms with van der Waals surface area (Å²) in [6.07, 6.45) is 4.34. The van der Waals surface area contributed by atoms with Crippen molar-refractivity contribution in [3.05, 3.63) is 72.6 Å². The van der Waals surface area contributed by atoms with Crippen LogP contribution in [-0.2, 0) is 11.2 Å². The SMILES string of the molecule is O=C1CN(c2nccc(-c3ccccn3)n2)CCN1CCc1ccccc1. The number of nitrogens with zero attached hydrogens (tertiary/aromatic N) is 5. The van der Waals surface area contributed by atoms with E-state index in [1.165, 1.54) is 5.56 Å². The Bertz CT molecular complexity index is 901. The minimum absolute atomic E-state index is 0.115. The van der Waals surface area contributed by atoms with Gasteiger partial charge in [-0.15, -0.1) is 0 Å². The highest BCUT2D eigenvalue weighted by atomic mass is 16.2. The van der Waals surface area contributed by atoms with Gasteiger partial charge in [-0.3, -0.25) is 9.78 Å². The highest BCUT2D eigenvalue weighted by molar-refractivity contribution is 5.82. The molecule has 0 N–H and O–H groups in total. The lowest BCUT2D eigenvalue weighted by molar-refractivity contribution is -0.131. The minimum atomic E-state index is 0.115. The summed E-state index contributed by atoms with van der Waals surface area (Å²) in [7, 11) is 0. The summed E-state index contributed by atoms with van der Waals surface area (Å²) in [5, 5.41) is 0. The molecule has 0 spiro atoms. The van der Waals surface area contributed by atoms with Crippen molar-refractivity contribution in [1.29, 1.82) is 0 Å². The van der Waals surface area contributed by atoms with Gasteiger partial charge in [-0.05, 0) is 30.2 Å². The summed E-state index contributed by atoms with van der Waals surface area (Å²) in [5.74, 6) is 0.693. The lowest BCUT2D eigenvalue weighted by atomic mass is 10.1. The van der Waals surface area contributed by atoms with Crippen molar-refractivity contribution in [3.8, 4) is 11.4 Å². The predicted molar refractivity (Wildman–Crippen MR) is 104 cm³/mol. The Kier molecular flexibility index (Phi) is 5.05. The van der Waals surface area contributed by atoms with Gasteiger partial charge in [0.2, 0.25) is 11.9 Å². The zero-order chi connectivity index (χ0) is 18.5. The predicted octanol–water partition coefficient (Wildman–Crippen LogP) is 2.43. The molecule has 4 rings (SSSR count). The topological polar surface area (TPSA) is 62.2 Å². The zero-order valence-corrected chi connectivity index (χ0v) is 15.0. The van der Waals surface area contributed by atoms with E-state index in [2.05, 4.69) is 27.1 Å². The molecule has 0 unspecified atom stereocenters. The number of carbonyl (C=O) groups excluding carboxylic acids is 1. The number of rotatable bonds is 5. The second kappa shape index (κ2) is 7.95. The third-order valence-electron chi connectivity index (χ3n) is 4.68. The second-order valence-electron chi connectivity index (χ2n) is 6.49. The average molecular weight is 359 g/mol. The molecule has 0 aliphatic carbocycles.